The van der Waals surface area contributed by atoms with Crippen LogP contribution in [0.15, 0.2) is 28.6 Å². The van der Waals surface area contributed by atoms with Crippen LogP contribution in [0, 0.1) is 0 Å². The molecule has 0 spiro atoms. The highest BCUT2D eigenvalue weighted by atomic mass is 32.2. The van der Waals surface area contributed by atoms with Crippen molar-refractivity contribution in [3.63, 3.8) is 0 Å². The fourth-order valence-electron chi connectivity index (χ4n) is 0.938. The average molecular weight is 211 g/mol. The van der Waals surface area contributed by atoms with E-state index in [1.54, 1.807) is 23.1 Å². The maximum atomic E-state index is 4.41. The van der Waals surface area contributed by atoms with E-state index in [1.165, 1.54) is 4.70 Å². The lowest BCUT2D eigenvalue weighted by atomic mass is 10.3. The Kier molecular flexibility index (Phi) is 4.25. The number of hydrogen-bond donors (Lipinski definition) is 0. The number of fused-ring (bicyclic) bond motifs is 1. The summed E-state index contributed by atoms with van der Waals surface area (Å²) in [6, 6.07) is 8.22. The number of rotatable bonds is 1. The first kappa shape index (κ1) is 10.5. The molecule has 70 valence electrons. The van der Waals surface area contributed by atoms with Gasteiger partial charge in [-0.25, -0.2) is 4.98 Å². The molecule has 1 heterocycles. The molecule has 0 aliphatic rings. The molecule has 0 aliphatic heterocycles. The van der Waals surface area contributed by atoms with Crippen molar-refractivity contribution in [2.24, 2.45) is 0 Å². The third-order valence-corrected chi connectivity index (χ3v) is 3.47. The van der Waals surface area contributed by atoms with Crippen LogP contribution in [-0.2, 0) is 0 Å². The first-order valence-corrected chi connectivity index (χ1v) is 6.34. The summed E-state index contributed by atoms with van der Waals surface area (Å²) < 4.78 is 2.42. The van der Waals surface area contributed by atoms with Gasteiger partial charge < -0.3 is 0 Å². The van der Waals surface area contributed by atoms with Gasteiger partial charge in [-0.2, -0.15) is 0 Å². The summed E-state index contributed by atoms with van der Waals surface area (Å²) in [5.74, 6) is 0. The van der Waals surface area contributed by atoms with E-state index in [0.29, 0.717) is 0 Å². The maximum Gasteiger partial charge on any atom is 0.150 e. The van der Waals surface area contributed by atoms with Crippen molar-refractivity contribution in [1.82, 2.24) is 4.98 Å². The van der Waals surface area contributed by atoms with Gasteiger partial charge in [0.15, 0.2) is 4.34 Å². The number of aromatic nitrogens is 1. The lowest BCUT2D eigenvalue weighted by Crippen LogP contribution is -1.65. The minimum absolute atomic E-state index is 1.11. The summed E-state index contributed by atoms with van der Waals surface area (Å²) in [6.45, 7) is 4.00. The quantitative estimate of drug-likeness (QED) is 0.660. The molecule has 3 heteroatoms. The topological polar surface area (TPSA) is 12.9 Å². The SMILES string of the molecule is CC.CSc1nc2ccccc2s1. The summed E-state index contributed by atoms with van der Waals surface area (Å²) in [5, 5.41) is 0. The first-order chi connectivity index (χ1) is 6.40. The Morgan fingerprint density at radius 3 is 2.54 bits per heavy atom. The monoisotopic (exact) mass is 211 g/mol. The molecular weight excluding hydrogens is 198 g/mol. The van der Waals surface area contributed by atoms with Crippen LogP contribution in [0.25, 0.3) is 10.2 Å². The number of hydrogen-bond acceptors (Lipinski definition) is 3. The smallest absolute Gasteiger partial charge is 0.150 e. The Labute approximate surface area is 87.2 Å². The molecule has 0 amide bonds. The number of thioether (sulfide) groups is 1. The van der Waals surface area contributed by atoms with Crippen molar-refractivity contribution in [3.8, 4) is 0 Å². The molecule has 1 nitrogen and oxygen atoms in total. The van der Waals surface area contributed by atoms with Crippen molar-refractivity contribution in [1.29, 1.82) is 0 Å². The Hall–Kier alpha value is -0.540. The minimum atomic E-state index is 1.11. The lowest BCUT2D eigenvalue weighted by Gasteiger charge is -1.80. The standard InChI is InChI=1S/C8H7NS2.C2H6/c1-10-8-9-6-4-2-3-5-7(6)11-8;1-2/h2-5H,1H3;1-2H3. The molecule has 0 atom stereocenters. The Morgan fingerprint density at radius 1 is 1.23 bits per heavy atom. The van der Waals surface area contributed by atoms with Crippen molar-refractivity contribution in [3.05, 3.63) is 24.3 Å². The van der Waals surface area contributed by atoms with E-state index in [9.17, 15) is 0 Å². The fraction of sp³-hybridized carbons (Fsp3) is 0.300. The van der Waals surface area contributed by atoms with Crippen LogP contribution in [0.4, 0.5) is 0 Å². The number of benzene rings is 1. The molecule has 2 rings (SSSR count). The number of para-hydroxylation sites is 1. The van der Waals surface area contributed by atoms with Crippen molar-refractivity contribution in [2.75, 3.05) is 6.26 Å². The molecule has 0 saturated heterocycles. The highest BCUT2D eigenvalue weighted by molar-refractivity contribution is 8.00. The fourth-order valence-corrected chi connectivity index (χ4v) is 2.43. The van der Waals surface area contributed by atoms with Crippen LogP contribution >= 0.6 is 23.1 Å². The van der Waals surface area contributed by atoms with E-state index in [-0.39, 0.29) is 0 Å². The van der Waals surface area contributed by atoms with Gasteiger partial charge in [0.25, 0.3) is 0 Å². The molecule has 0 aliphatic carbocycles. The van der Waals surface area contributed by atoms with Gasteiger partial charge in [-0.3, -0.25) is 0 Å². The zero-order valence-corrected chi connectivity index (χ0v) is 9.71. The molecular formula is C10H13NS2. The number of nitrogens with zero attached hydrogens (tertiary/aromatic N) is 1. The van der Waals surface area contributed by atoms with Gasteiger partial charge in [-0.15, -0.1) is 11.3 Å². The van der Waals surface area contributed by atoms with E-state index < -0.39 is 0 Å². The third-order valence-electron chi connectivity index (χ3n) is 1.45. The molecule has 13 heavy (non-hydrogen) atoms. The van der Waals surface area contributed by atoms with Crippen LogP contribution < -0.4 is 0 Å². The predicted molar refractivity (Wildman–Crippen MR) is 62.7 cm³/mol. The Morgan fingerprint density at radius 2 is 1.92 bits per heavy atom. The maximum absolute atomic E-state index is 4.41. The van der Waals surface area contributed by atoms with Gasteiger partial charge in [-0.1, -0.05) is 37.7 Å². The molecule has 1 aromatic carbocycles. The minimum Gasteiger partial charge on any atom is -0.230 e. The predicted octanol–water partition coefficient (Wildman–Crippen LogP) is 4.04. The highest BCUT2D eigenvalue weighted by Crippen LogP contribution is 2.27. The lowest BCUT2D eigenvalue weighted by molar-refractivity contribution is 1.31. The van der Waals surface area contributed by atoms with Crippen molar-refractivity contribution >= 4 is 33.3 Å². The molecule has 0 bridgehead atoms. The molecule has 0 fully saturated rings. The van der Waals surface area contributed by atoms with E-state index >= 15 is 0 Å². The van der Waals surface area contributed by atoms with Crippen molar-refractivity contribution < 1.29 is 0 Å². The van der Waals surface area contributed by atoms with Crippen LogP contribution in [0.3, 0.4) is 0 Å². The summed E-state index contributed by atoms with van der Waals surface area (Å²) >= 11 is 3.45. The van der Waals surface area contributed by atoms with Gasteiger partial charge in [-0.05, 0) is 18.4 Å². The molecule has 2 aromatic rings. The summed E-state index contributed by atoms with van der Waals surface area (Å²) in [5.41, 5.74) is 1.11. The van der Waals surface area contributed by atoms with Crippen LogP contribution in [0.2, 0.25) is 0 Å². The zero-order chi connectivity index (χ0) is 9.68. The Balaban J connectivity index is 0.000000396. The second-order valence-corrected chi connectivity index (χ2v) is 4.24. The van der Waals surface area contributed by atoms with E-state index in [1.807, 2.05) is 32.0 Å². The van der Waals surface area contributed by atoms with Gasteiger partial charge in [0.1, 0.15) is 0 Å². The molecule has 0 radical (unpaired) electrons. The largest absolute Gasteiger partial charge is 0.230 e. The highest BCUT2D eigenvalue weighted by Gasteiger charge is 1.99. The van der Waals surface area contributed by atoms with Crippen molar-refractivity contribution in [2.45, 2.75) is 18.2 Å². The van der Waals surface area contributed by atoms with Gasteiger partial charge >= 0.3 is 0 Å². The zero-order valence-electron chi connectivity index (χ0n) is 8.07. The average Bonchev–Trinajstić information content (AvgIpc) is 2.63. The Bertz CT molecular complexity index is 335. The van der Waals surface area contributed by atoms with E-state index in [2.05, 4.69) is 17.3 Å². The van der Waals surface area contributed by atoms with Crippen LogP contribution in [0.5, 0.6) is 0 Å². The summed E-state index contributed by atoms with van der Waals surface area (Å²) in [4.78, 5) is 4.41. The van der Waals surface area contributed by atoms with Gasteiger partial charge in [0, 0.05) is 0 Å². The summed E-state index contributed by atoms with van der Waals surface area (Å²) in [6.07, 6.45) is 2.05. The third kappa shape index (κ3) is 2.45. The number of thiazole rings is 1. The molecule has 0 saturated carbocycles. The molecule has 0 unspecified atom stereocenters. The van der Waals surface area contributed by atoms with E-state index in [4.69, 9.17) is 0 Å². The molecule has 1 aromatic heterocycles. The first-order valence-electron chi connectivity index (χ1n) is 4.30. The normalized spacial score (nSPS) is 9.46. The summed E-state index contributed by atoms with van der Waals surface area (Å²) in [7, 11) is 0. The van der Waals surface area contributed by atoms with Gasteiger partial charge in [0.05, 0.1) is 10.2 Å². The van der Waals surface area contributed by atoms with Crippen LogP contribution in [-0.4, -0.2) is 11.2 Å². The second kappa shape index (κ2) is 5.25. The second-order valence-electron chi connectivity index (χ2n) is 2.15. The van der Waals surface area contributed by atoms with E-state index in [0.717, 1.165) is 9.86 Å². The van der Waals surface area contributed by atoms with Crippen LogP contribution in [0.1, 0.15) is 13.8 Å². The molecule has 0 N–H and O–H groups in total. The van der Waals surface area contributed by atoms with Gasteiger partial charge in [0.2, 0.25) is 0 Å².